The molecule has 0 aromatic heterocycles. The fraction of sp³-hybridized carbons (Fsp3) is 0.200. The van der Waals surface area contributed by atoms with Crippen molar-refractivity contribution in [2.24, 2.45) is 0 Å². The van der Waals surface area contributed by atoms with Crippen LogP contribution in [0.4, 0.5) is 8.78 Å². The minimum atomic E-state index is -0.424. The van der Waals surface area contributed by atoms with Gasteiger partial charge in [0.05, 0.1) is 12.7 Å². The van der Waals surface area contributed by atoms with E-state index in [1.165, 1.54) is 43.7 Å². The van der Waals surface area contributed by atoms with E-state index < -0.39 is 5.82 Å². The maximum Gasteiger partial charge on any atom is 0.135 e. The predicted octanol–water partition coefficient (Wildman–Crippen LogP) is 6.38. The summed E-state index contributed by atoms with van der Waals surface area (Å²) in [5, 5.41) is 0. The van der Waals surface area contributed by atoms with Gasteiger partial charge < -0.3 is 4.74 Å². The smallest absolute Gasteiger partial charge is 0.135 e. The maximum absolute atomic E-state index is 14.6. The second-order valence-electron chi connectivity index (χ2n) is 6.59. The van der Waals surface area contributed by atoms with E-state index in [0.29, 0.717) is 22.4 Å². The summed E-state index contributed by atoms with van der Waals surface area (Å²) < 4.78 is 33.2. The molecule has 0 spiro atoms. The zero-order chi connectivity index (χ0) is 19.9. The fourth-order valence-corrected chi connectivity index (χ4v) is 2.95. The van der Waals surface area contributed by atoms with Crippen LogP contribution in [0.3, 0.4) is 0 Å². The van der Waals surface area contributed by atoms with Crippen LogP contribution in [0.15, 0.2) is 60.7 Å². The molecular weight excluding hydrogens is 354 g/mol. The Labute approximate surface area is 165 Å². The van der Waals surface area contributed by atoms with Crippen molar-refractivity contribution in [3.05, 3.63) is 89.0 Å². The van der Waals surface area contributed by atoms with Crippen molar-refractivity contribution in [3.8, 4) is 28.7 Å². The third-order valence-electron chi connectivity index (χ3n) is 4.56. The van der Waals surface area contributed by atoms with Crippen molar-refractivity contribution >= 4 is 0 Å². The Bertz CT molecular complexity index is 994. The summed E-state index contributed by atoms with van der Waals surface area (Å²) in [5.41, 5.74) is 3.56. The van der Waals surface area contributed by atoms with Gasteiger partial charge in [-0.2, -0.15) is 0 Å². The van der Waals surface area contributed by atoms with E-state index in [1.54, 1.807) is 18.2 Å². The van der Waals surface area contributed by atoms with Crippen LogP contribution in [0.2, 0.25) is 0 Å². The zero-order valence-corrected chi connectivity index (χ0v) is 16.1. The molecule has 3 aromatic rings. The summed E-state index contributed by atoms with van der Waals surface area (Å²) in [6, 6.07) is 16.8. The van der Waals surface area contributed by atoms with Crippen molar-refractivity contribution in [2.75, 3.05) is 7.11 Å². The molecule has 3 heteroatoms. The van der Waals surface area contributed by atoms with E-state index in [0.717, 1.165) is 12.0 Å². The summed E-state index contributed by atoms with van der Waals surface area (Å²) in [7, 11) is 1.52. The lowest BCUT2D eigenvalue weighted by molar-refractivity contribution is 0.412. The highest BCUT2D eigenvalue weighted by atomic mass is 19.1. The third kappa shape index (κ3) is 4.78. The molecule has 1 nitrogen and oxygen atoms in total. The Morgan fingerprint density at radius 3 is 2.25 bits per heavy atom. The lowest BCUT2D eigenvalue weighted by Gasteiger charge is -2.09. The first-order valence-electron chi connectivity index (χ1n) is 9.35. The van der Waals surface area contributed by atoms with Gasteiger partial charge in [-0.3, -0.25) is 0 Å². The van der Waals surface area contributed by atoms with Crippen molar-refractivity contribution in [1.29, 1.82) is 0 Å². The Hall–Kier alpha value is -3.12. The molecule has 0 heterocycles. The lowest BCUT2D eigenvalue weighted by Crippen LogP contribution is -1.93. The molecule has 0 amide bonds. The van der Waals surface area contributed by atoms with Crippen molar-refractivity contribution in [3.63, 3.8) is 0 Å². The van der Waals surface area contributed by atoms with Gasteiger partial charge >= 0.3 is 0 Å². The molecule has 0 N–H and O–H groups in total. The van der Waals surface area contributed by atoms with Crippen LogP contribution in [-0.4, -0.2) is 7.11 Å². The van der Waals surface area contributed by atoms with Crippen LogP contribution in [0.25, 0.3) is 11.1 Å². The summed E-state index contributed by atoms with van der Waals surface area (Å²) in [4.78, 5) is 0. The highest BCUT2D eigenvalue weighted by molar-refractivity contribution is 5.68. The summed E-state index contributed by atoms with van der Waals surface area (Å²) >= 11 is 0. The molecule has 0 saturated carbocycles. The zero-order valence-electron chi connectivity index (χ0n) is 16.1. The minimum absolute atomic E-state index is 0.350. The van der Waals surface area contributed by atoms with Gasteiger partial charge in [-0.05, 0) is 60.4 Å². The van der Waals surface area contributed by atoms with Crippen LogP contribution >= 0.6 is 0 Å². The second-order valence-corrected chi connectivity index (χ2v) is 6.59. The molecule has 0 atom stereocenters. The van der Waals surface area contributed by atoms with Gasteiger partial charge in [0.25, 0.3) is 0 Å². The normalized spacial score (nSPS) is 10.3. The van der Waals surface area contributed by atoms with Crippen LogP contribution in [-0.2, 0) is 6.42 Å². The first-order valence-corrected chi connectivity index (χ1v) is 9.35. The van der Waals surface area contributed by atoms with E-state index in [9.17, 15) is 8.78 Å². The molecule has 0 saturated heterocycles. The van der Waals surface area contributed by atoms with Crippen LogP contribution in [0.5, 0.6) is 5.75 Å². The molecule has 0 radical (unpaired) electrons. The quantitative estimate of drug-likeness (QED) is 0.469. The van der Waals surface area contributed by atoms with Gasteiger partial charge in [-0.1, -0.05) is 49.5 Å². The third-order valence-corrected chi connectivity index (χ3v) is 4.56. The number of benzene rings is 3. The molecule has 3 rings (SSSR count). The number of halogens is 2. The summed E-state index contributed by atoms with van der Waals surface area (Å²) in [5.74, 6) is 5.76. The number of methoxy groups -OCH3 is 1. The molecule has 0 fully saturated rings. The van der Waals surface area contributed by atoms with E-state index >= 15 is 0 Å². The monoisotopic (exact) mass is 376 g/mol. The Morgan fingerprint density at radius 1 is 0.893 bits per heavy atom. The average molecular weight is 376 g/mol. The summed E-state index contributed by atoms with van der Waals surface area (Å²) in [6.07, 6.45) is 3.40. The molecule has 0 aliphatic rings. The Balaban J connectivity index is 1.88. The highest BCUT2D eigenvalue weighted by Crippen LogP contribution is 2.30. The number of ether oxygens (including phenoxy) is 1. The van der Waals surface area contributed by atoms with Crippen molar-refractivity contribution in [2.45, 2.75) is 26.2 Å². The number of hydrogen-bond acceptors (Lipinski definition) is 1. The minimum Gasteiger partial charge on any atom is -0.495 e. The standard InChI is InChI=1S/C25H22F2O/c1-3-4-5-18-6-8-19(9-7-18)10-11-21-16-24(27)23(17-25(21)28-2)20-12-14-22(26)15-13-20/h6-9,12-17H,3-5H2,1-2H3. The molecule has 0 aliphatic heterocycles. The predicted molar refractivity (Wildman–Crippen MR) is 109 cm³/mol. The van der Waals surface area contributed by atoms with E-state index in [1.807, 2.05) is 12.1 Å². The number of unbranched alkanes of at least 4 members (excludes halogenated alkanes) is 1. The summed E-state index contributed by atoms with van der Waals surface area (Å²) in [6.45, 7) is 2.17. The van der Waals surface area contributed by atoms with Gasteiger partial charge in [0.1, 0.15) is 17.4 Å². The van der Waals surface area contributed by atoms with Gasteiger partial charge in [0, 0.05) is 11.1 Å². The molecule has 28 heavy (non-hydrogen) atoms. The van der Waals surface area contributed by atoms with Crippen LogP contribution in [0.1, 0.15) is 36.5 Å². The molecule has 0 unspecified atom stereocenters. The van der Waals surface area contributed by atoms with E-state index in [2.05, 4.69) is 30.9 Å². The van der Waals surface area contributed by atoms with E-state index in [4.69, 9.17) is 4.74 Å². The van der Waals surface area contributed by atoms with Crippen molar-refractivity contribution in [1.82, 2.24) is 0 Å². The van der Waals surface area contributed by atoms with Crippen LogP contribution < -0.4 is 4.74 Å². The second kappa shape index (κ2) is 9.19. The van der Waals surface area contributed by atoms with E-state index in [-0.39, 0.29) is 5.82 Å². The molecule has 0 aliphatic carbocycles. The lowest BCUT2D eigenvalue weighted by atomic mass is 10.0. The number of aryl methyl sites for hydroxylation is 1. The molecule has 0 bridgehead atoms. The molecule has 142 valence electrons. The highest BCUT2D eigenvalue weighted by Gasteiger charge is 2.11. The number of rotatable bonds is 5. The van der Waals surface area contributed by atoms with Gasteiger partial charge in [-0.15, -0.1) is 0 Å². The van der Waals surface area contributed by atoms with Gasteiger partial charge in [-0.25, -0.2) is 8.78 Å². The SMILES string of the molecule is CCCCc1ccc(C#Cc2cc(F)c(-c3ccc(F)cc3)cc2OC)cc1. The van der Waals surface area contributed by atoms with Gasteiger partial charge in [0.2, 0.25) is 0 Å². The number of hydrogen-bond donors (Lipinski definition) is 0. The van der Waals surface area contributed by atoms with Crippen molar-refractivity contribution < 1.29 is 13.5 Å². The first kappa shape index (κ1) is 19.6. The fourth-order valence-electron chi connectivity index (χ4n) is 2.95. The molecular formula is C25H22F2O. The molecule has 3 aromatic carbocycles. The first-order chi connectivity index (χ1) is 13.6. The topological polar surface area (TPSA) is 9.23 Å². The Morgan fingerprint density at radius 2 is 1.61 bits per heavy atom. The maximum atomic E-state index is 14.6. The average Bonchev–Trinajstić information content (AvgIpc) is 2.72. The largest absolute Gasteiger partial charge is 0.495 e. The van der Waals surface area contributed by atoms with Gasteiger partial charge in [0.15, 0.2) is 0 Å². The Kier molecular flexibility index (Phi) is 6.45. The van der Waals surface area contributed by atoms with Crippen LogP contribution in [0, 0.1) is 23.5 Å².